The normalized spacial score (nSPS) is 13.5. The Bertz CT molecular complexity index is 953. The summed E-state index contributed by atoms with van der Waals surface area (Å²) in [4.78, 5) is 21.2. The molecule has 0 bridgehead atoms. The van der Waals surface area contributed by atoms with Crippen LogP contribution in [0.3, 0.4) is 0 Å². The summed E-state index contributed by atoms with van der Waals surface area (Å²) in [5, 5.41) is 3.37. The molecule has 1 aromatic heterocycles. The minimum Gasteiger partial charge on any atom is -0.493 e. The number of ether oxygens (including phenoxy) is 2. The van der Waals surface area contributed by atoms with Crippen LogP contribution in [-0.2, 0) is 31.4 Å². The first-order valence-corrected chi connectivity index (χ1v) is 11.0. The van der Waals surface area contributed by atoms with Gasteiger partial charge in [-0.15, -0.1) is 0 Å². The number of benzene rings is 1. The second-order valence-corrected chi connectivity index (χ2v) is 8.09. The lowest BCUT2D eigenvalue weighted by Crippen LogP contribution is -2.40. The Morgan fingerprint density at radius 1 is 1.22 bits per heavy atom. The summed E-state index contributed by atoms with van der Waals surface area (Å²) in [7, 11) is 9.11. The highest BCUT2D eigenvalue weighted by Gasteiger charge is 2.22. The van der Waals surface area contributed by atoms with E-state index in [1.807, 2.05) is 43.4 Å². The highest BCUT2D eigenvalue weighted by atomic mass is 16.5. The van der Waals surface area contributed by atoms with Gasteiger partial charge in [-0.25, -0.2) is 0 Å². The van der Waals surface area contributed by atoms with Crippen LogP contribution in [0.5, 0.6) is 11.5 Å². The number of methoxy groups -OCH3 is 2. The number of aliphatic imine (C=N–C) groups is 1. The molecule has 1 N–H and O–H groups in total. The van der Waals surface area contributed by atoms with Crippen molar-refractivity contribution >= 4 is 11.9 Å². The van der Waals surface area contributed by atoms with E-state index >= 15 is 0 Å². The maximum absolute atomic E-state index is 12.8. The van der Waals surface area contributed by atoms with Crippen LogP contribution in [0.4, 0.5) is 0 Å². The van der Waals surface area contributed by atoms with E-state index in [4.69, 9.17) is 9.47 Å². The van der Waals surface area contributed by atoms with E-state index in [-0.39, 0.29) is 5.91 Å². The van der Waals surface area contributed by atoms with E-state index in [0.29, 0.717) is 25.3 Å². The van der Waals surface area contributed by atoms with Gasteiger partial charge in [0.2, 0.25) is 5.91 Å². The predicted molar refractivity (Wildman–Crippen MR) is 126 cm³/mol. The number of aryl methyl sites for hydroxylation is 1. The highest BCUT2D eigenvalue weighted by Crippen LogP contribution is 2.33. The van der Waals surface area contributed by atoms with Gasteiger partial charge in [-0.3, -0.25) is 9.79 Å². The highest BCUT2D eigenvalue weighted by molar-refractivity contribution is 5.80. The fourth-order valence-corrected chi connectivity index (χ4v) is 4.06. The number of carbonyl (C=O) groups excluding carboxylic acids is 1. The Labute approximate surface area is 190 Å². The molecule has 2 aromatic rings. The van der Waals surface area contributed by atoms with E-state index in [1.54, 1.807) is 21.3 Å². The molecule has 174 valence electrons. The molecule has 0 spiro atoms. The average molecular weight is 442 g/mol. The maximum Gasteiger partial charge on any atom is 0.222 e. The first-order chi connectivity index (χ1) is 15.5. The van der Waals surface area contributed by atoms with Crippen LogP contribution >= 0.6 is 0 Å². The molecule has 32 heavy (non-hydrogen) atoms. The van der Waals surface area contributed by atoms with Crippen molar-refractivity contribution in [1.29, 1.82) is 0 Å². The van der Waals surface area contributed by atoms with Gasteiger partial charge in [-0.1, -0.05) is 0 Å². The lowest BCUT2D eigenvalue weighted by atomic mass is 9.98. The quantitative estimate of drug-likeness (QED) is 0.387. The third kappa shape index (κ3) is 5.55. The van der Waals surface area contributed by atoms with Gasteiger partial charge in [-0.05, 0) is 48.2 Å². The van der Waals surface area contributed by atoms with Crippen LogP contribution in [0.25, 0.3) is 0 Å². The Kier molecular flexibility index (Phi) is 8.03. The Hall–Kier alpha value is -3.16. The summed E-state index contributed by atoms with van der Waals surface area (Å²) in [6.07, 6.45) is 4.13. The molecule has 0 radical (unpaired) electrons. The third-order valence-electron chi connectivity index (χ3n) is 5.95. The number of rotatable bonds is 8. The van der Waals surface area contributed by atoms with Crippen LogP contribution < -0.4 is 14.8 Å². The molecule has 8 heteroatoms. The Morgan fingerprint density at radius 2 is 1.94 bits per heavy atom. The average Bonchev–Trinajstić information content (AvgIpc) is 3.21. The minimum atomic E-state index is 0.180. The summed E-state index contributed by atoms with van der Waals surface area (Å²) in [6.45, 7) is 2.81. The SMILES string of the molecule is CN=C(NCCCC(=O)N1CCc2cc(OC)c(OC)cc2C1)N(C)Cc1cccn1C. The zero-order chi connectivity index (χ0) is 23.1. The molecule has 8 nitrogen and oxygen atoms in total. The van der Waals surface area contributed by atoms with Crippen molar-refractivity contribution in [1.82, 2.24) is 19.7 Å². The van der Waals surface area contributed by atoms with Gasteiger partial charge in [0.05, 0.1) is 20.8 Å². The molecule has 0 fully saturated rings. The van der Waals surface area contributed by atoms with Crippen molar-refractivity contribution in [3.63, 3.8) is 0 Å². The molecule has 0 atom stereocenters. The number of hydrogen-bond donors (Lipinski definition) is 1. The molecule has 0 aliphatic carbocycles. The zero-order valence-electron chi connectivity index (χ0n) is 19.9. The van der Waals surface area contributed by atoms with E-state index in [1.165, 1.54) is 11.3 Å². The fraction of sp³-hybridized carbons (Fsp3) is 0.500. The predicted octanol–water partition coefficient (Wildman–Crippen LogP) is 2.41. The summed E-state index contributed by atoms with van der Waals surface area (Å²) in [6, 6.07) is 8.15. The molecule has 0 saturated heterocycles. The molecule has 1 aliphatic heterocycles. The van der Waals surface area contributed by atoms with Gasteiger partial charge < -0.3 is 29.2 Å². The minimum absolute atomic E-state index is 0.180. The summed E-state index contributed by atoms with van der Waals surface area (Å²) in [5.74, 6) is 2.45. The van der Waals surface area contributed by atoms with Crippen LogP contribution in [-0.4, -0.2) is 67.6 Å². The number of hydrogen-bond acceptors (Lipinski definition) is 4. The van der Waals surface area contributed by atoms with Gasteiger partial charge in [0.1, 0.15) is 0 Å². The molecular formula is C24H35N5O3. The number of nitrogens with zero attached hydrogens (tertiary/aromatic N) is 4. The number of carbonyl (C=O) groups is 1. The number of amides is 1. The van der Waals surface area contributed by atoms with E-state index < -0.39 is 0 Å². The second kappa shape index (κ2) is 10.9. The Balaban J connectivity index is 1.46. The zero-order valence-corrected chi connectivity index (χ0v) is 19.9. The molecular weight excluding hydrogens is 406 g/mol. The molecule has 2 heterocycles. The van der Waals surface area contributed by atoms with Gasteiger partial charge >= 0.3 is 0 Å². The molecule has 1 amide bonds. The largest absolute Gasteiger partial charge is 0.493 e. The lowest BCUT2D eigenvalue weighted by molar-refractivity contribution is -0.132. The number of nitrogens with one attached hydrogen (secondary N) is 1. The van der Waals surface area contributed by atoms with Gasteiger partial charge in [0, 0.05) is 59.1 Å². The van der Waals surface area contributed by atoms with E-state index in [2.05, 4.69) is 25.8 Å². The van der Waals surface area contributed by atoms with Crippen molar-refractivity contribution in [3.05, 3.63) is 47.3 Å². The fourth-order valence-electron chi connectivity index (χ4n) is 4.06. The number of fused-ring (bicyclic) bond motifs is 1. The van der Waals surface area contributed by atoms with Crippen molar-refractivity contribution in [3.8, 4) is 11.5 Å². The van der Waals surface area contributed by atoms with Crippen molar-refractivity contribution in [2.24, 2.45) is 12.0 Å². The first kappa shape index (κ1) is 23.5. The van der Waals surface area contributed by atoms with Gasteiger partial charge in [-0.2, -0.15) is 0 Å². The number of aromatic nitrogens is 1. The standard InChI is InChI=1S/C24H35N5O3/c1-25-24(28(3)17-20-8-7-12-27(20)2)26-11-6-9-23(30)29-13-10-18-14-21(31-4)22(32-5)15-19(18)16-29/h7-8,12,14-15H,6,9-11,13,16-17H2,1-5H3,(H,25,26). The molecule has 0 unspecified atom stereocenters. The van der Waals surface area contributed by atoms with Crippen LogP contribution in [0.2, 0.25) is 0 Å². The van der Waals surface area contributed by atoms with Crippen molar-refractivity contribution in [2.45, 2.75) is 32.4 Å². The van der Waals surface area contributed by atoms with E-state index in [9.17, 15) is 4.79 Å². The summed E-state index contributed by atoms with van der Waals surface area (Å²) < 4.78 is 12.9. The monoisotopic (exact) mass is 441 g/mol. The van der Waals surface area contributed by atoms with Gasteiger partial charge in [0.25, 0.3) is 0 Å². The lowest BCUT2D eigenvalue weighted by Gasteiger charge is -2.30. The molecule has 1 aromatic carbocycles. The van der Waals surface area contributed by atoms with Crippen molar-refractivity contribution < 1.29 is 14.3 Å². The molecule has 0 saturated carbocycles. The maximum atomic E-state index is 12.8. The summed E-state index contributed by atoms with van der Waals surface area (Å²) >= 11 is 0. The van der Waals surface area contributed by atoms with E-state index in [0.717, 1.165) is 43.2 Å². The van der Waals surface area contributed by atoms with Crippen LogP contribution in [0.15, 0.2) is 35.5 Å². The first-order valence-electron chi connectivity index (χ1n) is 11.0. The summed E-state index contributed by atoms with van der Waals surface area (Å²) in [5.41, 5.74) is 3.56. The van der Waals surface area contributed by atoms with Crippen LogP contribution in [0, 0.1) is 0 Å². The molecule has 1 aliphatic rings. The molecule has 3 rings (SSSR count). The van der Waals surface area contributed by atoms with Crippen LogP contribution in [0.1, 0.15) is 29.7 Å². The number of guanidine groups is 1. The Morgan fingerprint density at radius 3 is 2.56 bits per heavy atom. The smallest absolute Gasteiger partial charge is 0.222 e. The second-order valence-electron chi connectivity index (χ2n) is 8.09. The third-order valence-corrected chi connectivity index (χ3v) is 5.95. The topological polar surface area (TPSA) is 71.3 Å². The van der Waals surface area contributed by atoms with Gasteiger partial charge in [0.15, 0.2) is 17.5 Å². The van der Waals surface area contributed by atoms with Crippen molar-refractivity contribution in [2.75, 3.05) is 41.4 Å².